The standard InChI is InChI=1S/C20H19FN4O2/c1-2-18-17(12-24-25(18)16-8-6-15(21)7-9-16)20(27)23-11-13-4-3-5-14(10-13)19(22)26/h3-10,12H,2,11H2,1H3,(H2,22,26)(H,23,27). The Balaban J connectivity index is 1.78. The fourth-order valence-corrected chi connectivity index (χ4v) is 2.82. The van der Waals surface area contributed by atoms with Gasteiger partial charge in [-0.25, -0.2) is 9.07 Å². The zero-order valence-corrected chi connectivity index (χ0v) is 14.8. The van der Waals surface area contributed by atoms with Crippen LogP contribution in [0.3, 0.4) is 0 Å². The quantitative estimate of drug-likeness (QED) is 0.703. The lowest BCUT2D eigenvalue weighted by atomic mass is 10.1. The monoisotopic (exact) mass is 366 g/mol. The van der Waals surface area contributed by atoms with Crippen LogP contribution in [0.15, 0.2) is 54.7 Å². The highest BCUT2D eigenvalue weighted by Gasteiger charge is 2.17. The largest absolute Gasteiger partial charge is 0.366 e. The second-order valence-corrected chi connectivity index (χ2v) is 5.99. The summed E-state index contributed by atoms with van der Waals surface area (Å²) in [4.78, 5) is 23.9. The zero-order chi connectivity index (χ0) is 19.4. The molecular formula is C20H19FN4O2. The van der Waals surface area contributed by atoms with E-state index >= 15 is 0 Å². The minimum atomic E-state index is -0.517. The summed E-state index contributed by atoms with van der Waals surface area (Å²) in [5.41, 5.74) is 8.29. The van der Waals surface area contributed by atoms with Crippen molar-refractivity contribution < 1.29 is 14.0 Å². The van der Waals surface area contributed by atoms with Crippen LogP contribution in [0.1, 0.15) is 38.9 Å². The maximum atomic E-state index is 13.1. The van der Waals surface area contributed by atoms with Crippen molar-refractivity contribution in [3.05, 3.63) is 82.9 Å². The first kappa shape index (κ1) is 18.3. The molecule has 1 aromatic heterocycles. The normalized spacial score (nSPS) is 10.6. The van der Waals surface area contributed by atoms with Crippen LogP contribution in [0, 0.1) is 5.82 Å². The van der Waals surface area contributed by atoms with Gasteiger partial charge in [-0.05, 0) is 48.4 Å². The predicted molar refractivity (Wildman–Crippen MR) is 99.0 cm³/mol. The van der Waals surface area contributed by atoms with Gasteiger partial charge in [0.05, 0.1) is 23.1 Å². The number of primary amides is 1. The van der Waals surface area contributed by atoms with E-state index < -0.39 is 5.91 Å². The number of carbonyl (C=O) groups excluding carboxylic acids is 2. The fourth-order valence-electron chi connectivity index (χ4n) is 2.82. The molecule has 0 unspecified atom stereocenters. The summed E-state index contributed by atoms with van der Waals surface area (Å²) in [6.07, 6.45) is 2.08. The summed E-state index contributed by atoms with van der Waals surface area (Å²) in [5.74, 6) is -1.12. The van der Waals surface area contributed by atoms with Gasteiger partial charge in [0.2, 0.25) is 5.91 Å². The van der Waals surface area contributed by atoms with Crippen LogP contribution >= 0.6 is 0 Å². The molecule has 0 aliphatic carbocycles. The van der Waals surface area contributed by atoms with Gasteiger partial charge in [-0.15, -0.1) is 0 Å². The van der Waals surface area contributed by atoms with Crippen LogP contribution in [0.2, 0.25) is 0 Å². The molecule has 3 aromatic rings. The van der Waals surface area contributed by atoms with Crippen LogP contribution < -0.4 is 11.1 Å². The first-order valence-corrected chi connectivity index (χ1v) is 8.49. The average molecular weight is 366 g/mol. The van der Waals surface area contributed by atoms with Crippen LogP contribution in [0.5, 0.6) is 0 Å². The Morgan fingerprint density at radius 1 is 1.19 bits per heavy atom. The van der Waals surface area contributed by atoms with Gasteiger partial charge < -0.3 is 11.1 Å². The van der Waals surface area contributed by atoms with Crippen LogP contribution in [0.4, 0.5) is 4.39 Å². The lowest BCUT2D eigenvalue weighted by molar-refractivity contribution is 0.0949. The number of nitrogens with zero attached hydrogens (tertiary/aromatic N) is 2. The molecule has 7 heteroatoms. The van der Waals surface area contributed by atoms with Gasteiger partial charge in [0.25, 0.3) is 5.91 Å². The third-order valence-corrected chi connectivity index (χ3v) is 4.18. The second-order valence-electron chi connectivity index (χ2n) is 5.99. The van der Waals surface area contributed by atoms with Crippen LogP contribution in [-0.2, 0) is 13.0 Å². The predicted octanol–water partition coefficient (Wildman–Crippen LogP) is 2.60. The maximum Gasteiger partial charge on any atom is 0.255 e. The summed E-state index contributed by atoms with van der Waals surface area (Å²) in [7, 11) is 0. The number of carbonyl (C=O) groups is 2. The Hall–Kier alpha value is -3.48. The second kappa shape index (κ2) is 7.82. The number of rotatable bonds is 6. The van der Waals surface area contributed by atoms with Gasteiger partial charge in [-0.3, -0.25) is 9.59 Å². The Labute approximate surface area is 155 Å². The molecule has 3 rings (SSSR count). The molecule has 0 spiro atoms. The van der Waals surface area contributed by atoms with Crippen molar-refractivity contribution in [1.29, 1.82) is 0 Å². The van der Waals surface area contributed by atoms with E-state index in [1.807, 2.05) is 6.92 Å². The maximum absolute atomic E-state index is 13.1. The van der Waals surface area contributed by atoms with Crippen molar-refractivity contribution in [2.24, 2.45) is 5.73 Å². The van der Waals surface area contributed by atoms with E-state index in [0.29, 0.717) is 23.2 Å². The van der Waals surface area contributed by atoms with Crippen molar-refractivity contribution in [1.82, 2.24) is 15.1 Å². The number of hydrogen-bond donors (Lipinski definition) is 2. The van der Waals surface area contributed by atoms with Crippen molar-refractivity contribution in [3.63, 3.8) is 0 Å². The van der Waals surface area contributed by atoms with Crippen molar-refractivity contribution >= 4 is 11.8 Å². The Morgan fingerprint density at radius 3 is 2.59 bits per heavy atom. The van der Waals surface area contributed by atoms with E-state index in [0.717, 1.165) is 11.3 Å². The molecule has 0 fully saturated rings. The summed E-state index contributed by atoms with van der Waals surface area (Å²) in [5, 5.41) is 7.10. The Morgan fingerprint density at radius 2 is 1.93 bits per heavy atom. The van der Waals surface area contributed by atoms with E-state index in [1.165, 1.54) is 18.3 Å². The number of amides is 2. The first-order valence-electron chi connectivity index (χ1n) is 8.49. The molecule has 1 heterocycles. The first-order chi connectivity index (χ1) is 13.0. The summed E-state index contributed by atoms with van der Waals surface area (Å²) in [6.45, 7) is 2.18. The van der Waals surface area contributed by atoms with E-state index in [4.69, 9.17) is 5.73 Å². The fraction of sp³-hybridized carbons (Fsp3) is 0.150. The lowest BCUT2D eigenvalue weighted by Gasteiger charge is -2.09. The van der Waals surface area contributed by atoms with Crippen molar-refractivity contribution in [2.45, 2.75) is 19.9 Å². The van der Waals surface area contributed by atoms with Gasteiger partial charge in [-0.1, -0.05) is 19.1 Å². The molecule has 2 amide bonds. The average Bonchev–Trinajstić information content (AvgIpc) is 3.11. The van der Waals surface area contributed by atoms with Crippen LogP contribution in [-0.4, -0.2) is 21.6 Å². The minimum Gasteiger partial charge on any atom is -0.366 e. The molecule has 0 saturated heterocycles. The highest BCUT2D eigenvalue weighted by molar-refractivity contribution is 5.95. The van der Waals surface area contributed by atoms with E-state index in [2.05, 4.69) is 10.4 Å². The molecule has 0 atom stereocenters. The topological polar surface area (TPSA) is 90.0 Å². The molecule has 6 nitrogen and oxygen atoms in total. The number of benzene rings is 2. The third-order valence-electron chi connectivity index (χ3n) is 4.18. The van der Waals surface area contributed by atoms with E-state index in [-0.39, 0.29) is 18.3 Å². The number of nitrogens with one attached hydrogen (secondary N) is 1. The molecule has 3 N–H and O–H groups in total. The smallest absolute Gasteiger partial charge is 0.255 e. The number of aromatic nitrogens is 2. The third kappa shape index (κ3) is 4.03. The minimum absolute atomic E-state index is 0.255. The summed E-state index contributed by atoms with van der Waals surface area (Å²) < 4.78 is 14.8. The molecule has 2 aromatic carbocycles. The highest BCUT2D eigenvalue weighted by Crippen LogP contribution is 2.16. The SMILES string of the molecule is CCc1c(C(=O)NCc2cccc(C(N)=O)c2)cnn1-c1ccc(F)cc1. The van der Waals surface area contributed by atoms with Crippen molar-refractivity contribution in [2.75, 3.05) is 0 Å². The van der Waals surface area contributed by atoms with E-state index in [9.17, 15) is 14.0 Å². The highest BCUT2D eigenvalue weighted by atomic mass is 19.1. The van der Waals surface area contributed by atoms with Gasteiger partial charge in [0.1, 0.15) is 5.82 Å². The number of hydrogen-bond acceptors (Lipinski definition) is 3. The number of halogens is 1. The molecular weight excluding hydrogens is 347 g/mol. The molecule has 0 aliphatic rings. The molecule has 0 aliphatic heterocycles. The van der Waals surface area contributed by atoms with Gasteiger partial charge in [-0.2, -0.15) is 5.10 Å². The Bertz CT molecular complexity index is 980. The van der Waals surface area contributed by atoms with Crippen LogP contribution in [0.25, 0.3) is 5.69 Å². The van der Waals surface area contributed by atoms with Crippen molar-refractivity contribution in [3.8, 4) is 5.69 Å². The summed E-state index contributed by atoms with van der Waals surface area (Å²) in [6, 6.07) is 12.7. The zero-order valence-electron chi connectivity index (χ0n) is 14.8. The molecule has 0 bridgehead atoms. The lowest BCUT2D eigenvalue weighted by Crippen LogP contribution is -2.24. The molecule has 27 heavy (non-hydrogen) atoms. The summed E-state index contributed by atoms with van der Waals surface area (Å²) >= 11 is 0. The molecule has 0 saturated carbocycles. The van der Waals surface area contributed by atoms with Gasteiger partial charge in [0, 0.05) is 12.1 Å². The number of nitrogens with two attached hydrogens (primary N) is 1. The Kier molecular flexibility index (Phi) is 5.30. The van der Waals surface area contributed by atoms with Gasteiger partial charge >= 0.3 is 0 Å². The van der Waals surface area contributed by atoms with Gasteiger partial charge in [0.15, 0.2) is 0 Å². The van der Waals surface area contributed by atoms with E-state index in [1.54, 1.807) is 41.1 Å². The molecule has 138 valence electrons. The molecule has 0 radical (unpaired) electrons.